The van der Waals surface area contributed by atoms with Crippen LogP contribution in [0, 0.1) is 17.7 Å². The van der Waals surface area contributed by atoms with E-state index < -0.39 is 0 Å². The van der Waals surface area contributed by atoms with E-state index in [1.54, 1.807) is 12.1 Å². The molecule has 1 saturated heterocycles. The predicted molar refractivity (Wildman–Crippen MR) is 74.3 cm³/mol. The van der Waals surface area contributed by atoms with E-state index in [4.69, 9.17) is 5.73 Å². The van der Waals surface area contributed by atoms with Crippen molar-refractivity contribution in [1.29, 1.82) is 0 Å². The molecule has 0 radical (unpaired) electrons. The summed E-state index contributed by atoms with van der Waals surface area (Å²) >= 11 is 0. The van der Waals surface area contributed by atoms with Crippen LogP contribution in [0.2, 0.25) is 0 Å². The van der Waals surface area contributed by atoms with Crippen LogP contribution >= 0.6 is 0 Å². The van der Waals surface area contributed by atoms with Crippen molar-refractivity contribution in [3.8, 4) is 0 Å². The Morgan fingerprint density at radius 2 is 2.22 bits per heavy atom. The first-order valence-corrected chi connectivity index (χ1v) is 6.85. The summed E-state index contributed by atoms with van der Waals surface area (Å²) in [6.45, 7) is 7.28. The summed E-state index contributed by atoms with van der Waals surface area (Å²) in [5.41, 5.74) is 7.83. The normalized spacial score (nSPS) is 19.8. The van der Waals surface area contributed by atoms with Crippen LogP contribution in [-0.4, -0.2) is 19.6 Å². The van der Waals surface area contributed by atoms with Crippen molar-refractivity contribution < 1.29 is 4.39 Å². The van der Waals surface area contributed by atoms with E-state index in [9.17, 15) is 4.39 Å². The van der Waals surface area contributed by atoms with Gasteiger partial charge in [0.1, 0.15) is 5.82 Å². The number of nitrogens with zero attached hydrogens (tertiary/aromatic N) is 1. The highest BCUT2D eigenvalue weighted by Gasteiger charge is 2.26. The van der Waals surface area contributed by atoms with E-state index in [1.165, 1.54) is 12.1 Å². The lowest BCUT2D eigenvalue weighted by molar-refractivity contribution is 0.422. The Bertz CT molecular complexity index is 403. The maximum absolute atomic E-state index is 13.3. The van der Waals surface area contributed by atoms with Crippen LogP contribution in [-0.2, 0) is 6.42 Å². The Kier molecular flexibility index (Phi) is 4.23. The van der Waals surface area contributed by atoms with Crippen molar-refractivity contribution >= 4 is 5.69 Å². The van der Waals surface area contributed by atoms with Crippen molar-refractivity contribution in [2.24, 2.45) is 17.6 Å². The van der Waals surface area contributed by atoms with Crippen LogP contribution in [0.15, 0.2) is 18.2 Å². The fourth-order valence-corrected chi connectivity index (χ4v) is 2.77. The molecule has 1 aliphatic heterocycles. The molecule has 0 aromatic heterocycles. The minimum absolute atomic E-state index is 0.165. The lowest BCUT2D eigenvalue weighted by atomic mass is 9.95. The fourth-order valence-electron chi connectivity index (χ4n) is 2.77. The lowest BCUT2D eigenvalue weighted by Gasteiger charge is -2.23. The monoisotopic (exact) mass is 250 g/mol. The molecule has 1 aromatic carbocycles. The van der Waals surface area contributed by atoms with Gasteiger partial charge in [0.05, 0.1) is 0 Å². The third kappa shape index (κ3) is 2.83. The maximum Gasteiger partial charge on any atom is 0.123 e. The standard InChI is InChI=1S/C15H23FN2/c1-11(2)13-6-8-18(10-13)15-4-3-14(16)9-12(15)5-7-17/h3-4,9,11,13H,5-8,10,17H2,1-2H3. The first-order valence-electron chi connectivity index (χ1n) is 6.85. The molecular weight excluding hydrogens is 227 g/mol. The van der Waals surface area contributed by atoms with Gasteiger partial charge in [0.2, 0.25) is 0 Å². The highest BCUT2D eigenvalue weighted by molar-refractivity contribution is 5.54. The number of anilines is 1. The second-order valence-corrected chi connectivity index (χ2v) is 5.55. The Balaban J connectivity index is 2.18. The molecule has 0 aliphatic carbocycles. The van der Waals surface area contributed by atoms with E-state index in [0.717, 1.165) is 31.0 Å². The van der Waals surface area contributed by atoms with Crippen LogP contribution in [0.5, 0.6) is 0 Å². The van der Waals surface area contributed by atoms with Crippen LogP contribution < -0.4 is 10.6 Å². The van der Waals surface area contributed by atoms with Gasteiger partial charge in [-0.3, -0.25) is 0 Å². The number of hydrogen-bond acceptors (Lipinski definition) is 2. The maximum atomic E-state index is 13.3. The van der Waals surface area contributed by atoms with Gasteiger partial charge in [-0.05, 0) is 55.0 Å². The average Bonchev–Trinajstić information content (AvgIpc) is 2.79. The van der Waals surface area contributed by atoms with Crippen molar-refractivity contribution in [3.05, 3.63) is 29.6 Å². The summed E-state index contributed by atoms with van der Waals surface area (Å²) in [6, 6.07) is 5.09. The van der Waals surface area contributed by atoms with Crippen molar-refractivity contribution in [1.82, 2.24) is 0 Å². The molecule has 1 atom stereocenters. The highest BCUT2D eigenvalue weighted by Crippen LogP contribution is 2.30. The molecule has 0 spiro atoms. The summed E-state index contributed by atoms with van der Waals surface area (Å²) in [5.74, 6) is 1.30. The van der Waals surface area contributed by atoms with Crippen molar-refractivity contribution in [2.75, 3.05) is 24.5 Å². The molecule has 1 fully saturated rings. The van der Waals surface area contributed by atoms with Gasteiger partial charge in [0.25, 0.3) is 0 Å². The molecule has 2 rings (SSSR count). The predicted octanol–water partition coefficient (Wildman–Crippen LogP) is 2.81. The third-order valence-corrected chi connectivity index (χ3v) is 3.96. The Morgan fingerprint density at radius 1 is 1.44 bits per heavy atom. The van der Waals surface area contributed by atoms with Crippen molar-refractivity contribution in [3.63, 3.8) is 0 Å². The summed E-state index contributed by atoms with van der Waals surface area (Å²) in [7, 11) is 0. The molecule has 1 unspecified atom stereocenters. The van der Waals surface area contributed by atoms with E-state index in [0.29, 0.717) is 12.5 Å². The summed E-state index contributed by atoms with van der Waals surface area (Å²) in [5, 5.41) is 0. The van der Waals surface area contributed by atoms with Gasteiger partial charge in [0, 0.05) is 18.8 Å². The molecule has 2 N–H and O–H groups in total. The van der Waals surface area contributed by atoms with Gasteiger partial charge < -0.3 is 10.6 Å². The molecule has 1 aliphatic rings. The molecule has 18 heavy (non-hydrogen) atoms. The molecule has 1 heterocycles. The van der Waals surface area contributed by atoms with E-state index in [1.807, 2.05) is 6.07 Å². The van der Waals surface area contributed by atoms with E-state index in [2.05, 4.69) is 18.7 Å². The Hall–Kier alpha value is -1.09. The minimum atomic E-state index is -0.165. The van der Waals surface area contributed by atoms with Crippen molar-refractivity contribution in [2.45, 2.75) is 26.7 Å². The zero-order chi connectivity index (χ0) is 13.1. The summed E-state index contributed by atoms with van der Waals surface area (Å²) < 4.78 is 13.3. The van der Waals surface area contributed by atoms with Crippen LogP contribution in [0.25, 0.3) is 0 Å². The van der Waals surface area contributed by atoms with E-state index >= 15 is 0 Å². The second-order valence-electron chi connectivity index (χ2n) is 5.55. The molecule has 2 nitrogen and oxygen atoms in total. The van der Waals surface area contributed by atoms with Gasteiger partial charge in [-0.1, -0.05) is 13.8 Å². The van der Waals surface area contributed by atoms with Gasteiger partial charge in [-0.2, -0.15) is 0 Å². The van der Waals surface area contributed by atoms with E-state index in [-0.39, 0.29) is 5.82 Å². The number of benzene rings is 1. The smallest absolute Gasteiger partial charge is 0.123 e. The number of nitrogens with two attached hydrogens (primary N) is 1. The fraction of sp³-hybridized carbons (Fsp3) is 0.600. The second kappa shape index (κ2) is 5.70. The first kappa shape index (κ1) is 13.3. The van der Waals surface area contributed by atoms with Gasteiger partial charge >= 0.3 is 0 Å². The zero-order valence-electron chi connectivity index (χ0n) is 11.3. The quantitative estimate of drug-likeness (QED) is 0.890. The molecule has 0 bridgehead atoms. The van der Waals surface area contributed by atoms with Gasteiger partial charge in [0.15, 0.2) is 0 Å². The topological polar surface area (TPSA) is 29.3 Å². The van der Waals surface area contributed by atoms with Gasteiger partial charge in [-0.25, -0.2) is 4.39 Å². The minimum Gasteiger partial charge on any atom is -0.371 e. The highest BCUT2D eigenvalue weighted by atomic mass is 19.1. The lowest BCUT2D eigenvalue weighted by Crippen LogP contribution is -2.23. The number of hydrogen-bond donors (Lipinski definition) is 1. The number of halogens is 1. The van der Waals surface area contributed by atoms with Gasteiger partial charge in [-0.15, -0.1) is 0 Å². The molecular formula is C15H23FN2. The Morgan fingerprint density at radius 3 is 2.83 bits per heavy atom. The summed E-state index contributed by atoms with van der Waals surface area (Å²) in [6.07, 6.45) is 1.98. The molecule has 1 aromatic rings. The summed E-state index contributed by atoms with van der Waals surface area (Å²) in [4.78, 5) is 2.38. The number of rotatable bonds is 4. The molecule has 0 amide bonds. The van der Waals surface area contributed by atoms with Crippen LogP contribution in [0.1, 0.15) is 25.8 Å². The molecule has 3 heteroatoms. The Labute approximate surface area is 109 Å². The van der Waals surface area contributed by atoms with Crippen LogP contribution in [0.4, 0.5) is 10.1 Å². The largest absolute Gasteiger partial charge is 0.371 e. The molecule has 100 valence electrons. The third-order valence-electron chi connectivity index (χ3n) is 3.96. The SMILES string of the molecule is CC(C)C1CCN(c2ccc(F)cc2CCN)C1. The first-order chi connectivity index (χ1) is 8.61. The average molecular weight is 250 g/mol. The zero-order valence-corrected chi connectivity index (χ0v) is 11.3. The molecule has 0 saturated carbocycles. The van der Waals surface area contributed by atoms with Crippen LogP contribution in [0.3, 0.4) is 0 Å².